The summed E-state index contributed by atoms with van der Waals surface area (Å²) in [4.78, 5) is 19.1. The van der Waals surface area contributed by atoms with Gasteiger partial charge in [-0.2, -0.15) is 0 Å². The second-order valence-electron chi connectivity index (χ2n) is 8.16. The van der Waals surface area contributed by atoms with Crippen molar-refractivity contribution >= 4 is 29.9 Å². The van der Waals surface area contributed by atoms with Crippen LogP contribution in [-0.4, -0.2) is 67.4 Å². The maximum atomic E-state index is 11.9. The van der Waals surface area contributed by atoms with Crippen LogP contribution in [0.1, 0.15) is 39.3 Å². The SMILES string of the molecule is CCNC(=NCC1CN(CC(C)C)CCO1)NCCCCn1c(C)cccc1=O.I. The van der Waals surface area contributed by atoms with Crippen molar-refractivity contribution in [3.63, 3.8) is 0 Å². The van der Waals surface area contributed by atoms with Crippen LogP contribution in [0, 0.1) is 12.8 Å². The second-order valence-corrected chi connectivity index (χ2v) is 8.16. The predicted octanol–water partition coefficient (Wildman–Crippen LogP) is 2.47. The van der Waals surface area contributed by atoms with Crippen molar-refractivity contribution < 1.29 is 4.74 Å². The van der Waals surface area contributed by atoms with Gasteiger partial charge in [0.2, 0.25) is 0 Å². The number of ether oxygens (including phenoxy) is 1. The minimum atomic E-state index is 0. The van der Waals surface area contributed by atoms with Gasteiger partial charge in [-0.15, -0.1) is 24.0 Å². The van der Waals surface area contributed by atoms with Gasteiger partial charge in [-0.25, -0.2) is 0 Å². The number of hydrogen-bond acceptors (Lipinski definition) is 4. The summed E-state index contributed by atoms with van der Waals surface area (Å²) in [6.07, 6.45) is 2.09. The molecule has 172 valence electrons. The molecule has 1 atom stereocenters. The maximum absolute atomic E-state index is 11.9. The Morgan fingerprint density at radius 1 is 1.30 bits per heavy atom. The monoisotopic (exact) mass is 533 g/mol. The Morgan fingerprint density at radius 2 is 2.10 bits per heavy atom. The number of aliphatic imine (C=N–C) groups is 1. The first-order valence-electron chi connectivity index (χ1n) is 11.0. The Bertz CT molecular complexity index is 692. The zero-order valence-electron chi connectivity index (χ0n) is 19.0. The van der Waals surface area contributed by atoms with E-state index in [1.807, 2.05) is 23.6 Å². The van der Waals surface area contributed by atoms with Crippen molar-refractivity contribution in [3.8, 4) is 0 Å². The van der Waals surface area contributed by atoms with E-state index in [-0.39, 0.29) is 35.6 Å². The molecule has 0 bridgehead atoms. The van der Waals surface area contributed by atoms with Gasteiger partial charge in [0.1, 0.15) is 0 Å². The lowest BCUT2D eigenvalue weighted by atomic mass is 10.2. The lowest BCUT2D eigenvalue weighted by Gasteiger charge is -2.33. The molecular formula is C22H40IN5O2. The van der Waals surface area contributed by atoms with Crippen LogP contribution in [0.5, 0.6) is 0 Å². The summed E-state index contributed by atoms with van der Waals surface area (Å²) >= 11 is 0. The number of hydrogen-bond donors (Lipinski definition) is 2. The Morgan fingerprint density at radius 3 is 2.80 bits per heavy atom. The van der Waals surface area contributed by atoms with Gasteiger partial charge in [0.05, 0.1) is 19.3 Å². The van der Waals surface area contributed by atoms with E-state index < -0.39 is 0 Å². The summed E-state index contributed by atoms with van der Waals surface area (Å²) in [5.74, 6) is 1.51. The number of guanidine groups is 1. The molecule has 30 heavy (non-hydrogen) atoms. The fourth-order valence-electron chi connectivity index (χ4n) is 3.62. The zero-order valence-corrected chi connectivity index (χ0v) is 21.4. The Kier molecular flexibility index (Phi) is 13.3. The van der Waals surface area contributed by atoms with Crippen LogP contribution in [0.3, 0.4) is 0 Å². The van der Waals surface area contributed by atoms with Crippen molar-refractivity contribution in [2.45, 2.75) is 53.2 Å². The standard InChI is InChI=1S/C22H39N5O2.HI/c1-5-23-22(25-15-20-17-26(13-14-29-20)16-18(2)3)24-11-6-7-12-27-19(4)9-8-10-21(27)28;/h8-10,18,20H,5-7,11-17H2,1-4H3,(H2,23,24,25);1H. The van der Waals surface area contributed by atoms with E-state index in [0.29, 0.717) is 12.5 Å². The Labute approximate surface area is 198 Å². The first kappa shape index (κ1) is 26.9. The predicted molar refractivity (Wildman–Crippen MR) is 135 cm³/mol. The summed E-state index contributed by atoms with van der Waals surface area (Å²) in [6.45, 7) is 15.5. The molecule has 8 heteroatoms. The van der Waals surface area contributed by atoms with E-state index in [1.165, 1.54) is 0 Å². The number of rotatable bonds is 10. The molecule has 0 radical (unpaired) electrons. The van der Waals surface area contributed by atoms with Gasteiger partial charge in [0.25, 0.3) is 5.56 Å². The highest BCUT2D eigenvalue weighted by atomic mass is 127. The van der Waals surface area contributed by atoms with Crippen LogP contribution in [0.25, 0.3) is 0 Å². The molecule has 0 amide bonds. The average molecular weight is 533 g/mol. The van der Waals surface area contributed by atoms with E-state index in [4.69, 9.17) is 9.73 Å². The number of nitrogens with one attached hydrogen (secondary N) is 2. The normalized spacial score (nSPS) is 17.6. The van der Waals surface area contributed by atoms with E-state index in [9.17, 15) is 4.79 Å². The molecule has 0 saturated carbocycles. The smallest absolute Gasteiger partial charge is 0.250 e. The molecule has 1 saturated heterocycles. The van der Waals surface area contributed by atoms with Crippen molar-refractivity contribution in [2.24, 2.45) is 10.9 Å². The third kappa shape index (κ3) is 9.78. The number of aromatic nitrogens is 1. The summed E-state index contributed by atoms with van der Waals surface area (Å²) < 4.78 is 7.73. The first-order chi connectivity index (χ1) is 14.0. The molecule has 2 N–H and O–H groups in total. The fourth-order valence-corrected chi connectivity index (χ4v) is 3.62. The van der Waals surface area contributed by atoms with Crippen LogP contribution < -0.4 is 16.2 Å². The largest absolute Gasteiger partial charge is 0.374 e. The molecular weight excluding hydrogens is 493 g/mol. The molecule has 0 spiro atoms. The molecule has 2 rings (SSSR count). The lowest BCUT2D eigenvalue weighted by molar-refractivity contribution is -0.0261. The van der Waals surface area contributed by atoms with E-state index in [1.54, 1.807) is 6.07 Å². The number of pyridine rings is 1. The van der Waals surface area contributed by atoms with Crippen LogP contribution in [0.2, 0.25) is 0 Å². The molecule has 2 heterocycles. The molecule has 0 aromatic carbocycles. The summed E-state index contributed by atoms with van der Waals surface area (Å²) in [6, 6.07) is 5.41. The van der Waals surface area contributed by atoms with Gasteiger partial charge < -0.3 is 19.9 Å². The number of nitrogens with zero attached hydrogens (tertiary/aromatic N) is 3. The number of morpholine rings is 1. The first-order valence-corrected chi connectivity index (χ1v) is 11.0. The number of halogens is 1. The Hall–Kier alpha value is -1.13. The number of unbranched alkanes of at least 4 members (excludes halogenated alkanes) is 1. The highest BCUT2D eigenvalue weighted by Gasteiger charge is 2.20. The molecule has 0 aliphatic carbocycles. The molecule has 1 aromatic heterocycles. The molecule has 1 aromatic rings. The maximum Gasteiger partial charge on any atom is 0.250 e. The van der Waals surface area contributed by atoms with Crippen LogP contribution in [-0.2, 0) is 11.3 Å². The van der Waals surface area contributed by atoms with Crippen molar-refractivity contribution in [1.82, 2.24) is 20.1 Å². The molecule has 7 nitrogen and oxygen atoms in total. The summed E-state index contributed by atoms with van der Waals surface area (Å²) in [5.41, 5.74) is 1.09. The highest BCUT2D eigenvalue weighted by Crippen LogP contribution is 2.08. The van der Waals surface area contributed by atoms with E-state index in [2.05, 4.69) is 36.3 Å². The number of aryl methyl sites for hydroxylation is 1. The topological polar surface area (TPSA) is 70.9 Å². The van der Waals surface area contributed by atoms with Crippen molar-refractivity contribution in [2.75, 3.05) is 45.9 Å². The van der Waals surface area contributed by atoms with Gasteiger partial charge in [0, 0.05) is 51.0 Å². The zero-order chi connectivity index (χ0) is 21.1. The van der Waals surface area contributed by atoms with E-state index >= 15 is 0 Å². The summed E-state index contributed by atoms with van der Waals surface area (Å²) in [5, 5.41) is 6.71. The highest BCUT2D eigenvalue weighted by molar-refractivity contribution is 14.0. The third-order valence-corrected chi connectivity index (χ3v) is 5.01. The van der Waals surface area contributed by atoms with Gasteiger partial charge in [-0.05, 0) is 38.7 Å². The van der Waals surface area contributed by atoms with Gasteiger partial charge in [-0.1, -0.05) is 19.9 Å². The third-order valence-electron chi connectivity index (χ3n) is 5.01. The fraction of sp³-hybridized carbons (Fsp3) is 0.727. The van der Waals surface area contributed by atoms with E-state index in [0.717, 1.165) is 70.4 Å². The minimum Gasteiger partial charge on any atom is -0.374 e. The van der Waals surface area contributed by atoms with Crippen molar-refractivity contribution in [3.05, 3.63) is 34.2 Å². The summed E-state index contributed by atoms with van der Waals surface area (Å²) in [7, 11) is 0. The van der Waals surface area contributed by atoms with Gasteiger partial charge >= 0.3 is 0 Å². The van der Waals surface area contributed by atoms with Gasteiger partial charge in [0.15, 0.2) is 5.96 Å². The lowest BCUT2D eigenvalue weighted by Crippen LogP contribution is -2.46. The second kappa shape index (κ2) is 14.8. The van der Waals surface area contributed by atoms with Crippen LogP contribution in [0.15, 0.2) is 28.0 Å². The van der Waals surface area contributed by atoms with Gasteiger partial charge in [-0.3, -0.25) is 14.7 Å². The van der Waals surface area contributed by atoms with Crippen LogP contribution in [0.4, 0.5) is 0 Å². The average Bonchev–Trinajstić information content (AvgIpc) is 2.67. The van der Waals surface area contributed by atoms with Crippen molar-refractivity contribution in [1.29, 1.82) is 0 Å². The van der Waals surface area contributed by atoms with Crippen LogP contribution >= 0.6 is 24.0 Å². The molecule has 1 fully saturated rings. The molecule has 1 unspecified atom stereocenters. The molecule has 1 aliphatic heterocycles. The molecule has 1 aliphatic rings. The Balaban J connectivity index is 0.00000450. The quantitative estimate of drug-likeness (QED) is 0.209. The minimum absolute atomic E-state index is 0.